The van der Waals surface area contributed by atoms with E-state index in [1.807, 2.05) is 0 Å². The van der Waals surface area contributed by atoms with E-state index in [1.54, 1.807) is 18.2 Å². The number of nitrogens with zero attached hydrogens (tertiary/aromatic N) is 1. The van der Waals surface area contributed by atoms with Crippen LogP contribution in [0.1, 0.15) is 56.9 Å². The van der Waals surface area contributed by atoms with Gasteiger partial charge < -0.3 is 16.4 Å². The summed E-state index contributed by atoms with van der Waals surface area (Å²) < 4.78 is 28.0. The maximum atomic E-state index is 13.3. The molecule has 0 radical (unpaired) electrons. The minimum atomic E-state index is -3.70. The number of rotatable bonds is 5. The highest BCUT2D eigenvalue weighted by Crippen LogP contribution is 2.30. The summed E-state index contributed by atoms with van der Waals surface area (Å²) >= 11 is 0. The molecule has 0 aromatic heterocycles. The molecule has 7 nitrogen and oxygen atoms in total. The van der Waals surface area contributed by atoms with Gasteiger partial charge in [-0.05, 0) is 37.3 Å². The molecule has 8 heteroatoms. The molecule has 4 N–H and O–H groups in total. The molecular formula is C19H30N4O3S. The smallest absolute Gasteiger partial charge is 0.319 e. The van der Waals surface area contributed by atoms with Gasteiger partial charge in [0.25, 0.3) is 0 Å². The summed E-state index contributed by atoms with van der Waals surface area (Å²) in [5.74, 6) is 0. The third kappa shape index (κ3) is 4.80. The number of carbonyl (C=O) groups excluding carboxylic acids is 1. The lowest BCUT2D eigenvalue weighted by Gasteiger charge is -2.28. The predicted molar refractivity (Wildman–Crippen MR) is 106 cm³/mol. The Morgan fingerprint density at radius 2 is 1.74 bits per heavy atom. The number of nitrogens with two attached hydrogens (primary N) is 1. The standard InChI is InChI=1S/C19H30N4O3S/c20-14-15-8-7-11-17(22-19(24)21-16-9-3-1-4-10-16)18(15)27(25,26)23-12-5-2-6-13-23/h7-8,11,16H,1-6,9-10,12-14,20H2,(H2,21,22,24). The average Bonchev–Trinajstić information content (AvgIpc) is 2.69. The van der Waals surface area contributed by atoms with Crippen LogP contribution in [0.2, 0.25) is 0 Å². The number of anilines is 1. The van der Waals surface area contributed by atoms with Crippen molar-refractivity contribution < 1.29 is 13.2 Å². The molecule has 2 aliphatic rings. The SMILES string of the molecule is NCc1cccc(NC(=O)NC2CCCCC2)c1S(=O)(=O)N1CCCCC1. The molecule has 1 aromatic carbocycles. The first kappa shape index (κ1) is 20.1. The zero-order chi connectivity index (χ0) is 19.3. The van der Waals surface area contributed by atoms with Crippen molar-refractivity contribution in [2.24, 2.45) is 5.73 Å². The Kier molecular flexibility index (Phi) is 6.73. The Hall–Kier alpha value is -1.64. The summed E-state index contributed by atoms with van der Waals surface area (Å²) in [4.78, 5) is 12.6. The van der Waals surface area contributed by atoms with Gasteiger partial charge >= 0.3 is 6.03 Å². The number of piperidine rings is 1. The molecule has 150 valence electrons. The van der Waals surface area contributed by atoms with Gasteiger partial charge in [-0.3, -0.25) is 0 Å². The van der Waals surface area contributed by atoms with Crippen molar-refractivity contribution in [3.05, 3.63) is 23.8 Å². The molecule has 1 aliphatic carbocycles. The van der Waals surface area contributed by atoms with Crippen molar-refractivity contribution >= 4 is 21.7 Å². The normalized spacial score (nSPS) is 19.6. The van der Waals surface area contributed by atoms with Gasteiger partial charge in [0.05, 0.1) is 5.69 Å². The molecule has 1 saturated heterocycles. The Morgan fingerprint density at radius 3 is 2.41 bits per heavy atom. The van der Waals surface area contributed by atoms with Gasteiger partial charge in [-0.15, -0.1) is 0 Å². The van der Waals surface area contributed by atoms with Gasteiger partial charge in [0.1, 0.15) is 4.90 Å². The molecular weight excluding hydrogens is 364 g/mol. The molecule has 1 aromatic rings. The summed E-state index contributed by atoms with van der Waals surface area (Å²) in [5.41, 5.74) is 6.64. The number of urea groups is 1. The lowest BCUT2D eigenvalue weighted by atomic mass is 9.96. The van der Waals surface area contributed by atoms with Gasteiger partial charge in [0.2, 0.25) is 10.0 Å². The van der Waals surface area contributed by atoms with Crippen molar-refractivity contribution in [2.75, 3.05) is 18.4 Å². The van der Waals surface area contributed by atoms with Crippen LogP contribution in [-0.2, 0) is 16.6 Å². The first-order chi connectivity index (χ1) is 13.0. The zero-order valence-corrected chi connectivity index (χ0v) is 16.6. The summed E-state index contributed by atoms with van der Waals surface area (Å²) in [7, 11) is -3.70. The van der Waals surface area contributed by atoms with E-state index in [1.165, 1.54) is 10.7 Å². The van der Waals surface area contributed by atoms with Crippen LogP contribution >= 0.6 is 0 Å². The van der Waals surface area contributed by atoms with E-state index >= 15 is 0 Å². The summed E-state index contributed by atoms with van der Waals surface area (Å²) in [6.07, 6.45) is 8.12. The summed E-state index contributed by atoms with van der Waals surface area (Å²) in [5, 5.41) is 5.74. The van der Waals surface area contributed by atoms with E-state index in [4.69, 9.17) is 5.73 Å². The van der Waals surface area contributed by atoms with E-state index in [0.29, 0.717) is 24.3 Å². The molecule has 1 saturated carbocycles. The van der Waals surface area contributed by atoms with Crippen LogP contribution in [0, 0.1) is 0 Å². The van der Waals surface area contributed by atoms with Gasteiger partial charge in [0, 0.05) is 25.7 Å². The number of hydrogen-bond acceptors (Lipinski definition) is 4. The number of sulfonamides is 1. The Balaban J connectivity index is 1.83. The molecule has 0 spiro atoms. The van der Waals surface area contributed by atoms with Crippen molar-refractivity contribution in [3.63, 3.8) is 0 Å². The Bertz CT molecular complexity index is 754. The molecule has 1 aliphatic heterocycles. The highest BCUT2D eigenvalue weighted by molar-refractivity contribution is 7.89. The van der Waals surface area contributed by atoms with Crippen LogP contribution in [0.15, 0.2) is 23.1 Å². The zero-order valence-electron chi connectivity index (χ0n) is 15.7. The number of amides is 2. The average molecular weight is 395 g/mol. The number of benzene rings is 1. The van der Waals surface area contributed by atoms with Crippen LogP contribution in [0.4, 0.5) is 10.5 Å². The Morgan fingerprint density at radius 1 is 1.07 bits per heavy atom. The van der Waals surface area contributed by atoms with Crippen LogP contribution in [0.5, 0.6) is 0 Å². The molecule has 3 rings (SSSR count). The van der Waals surface area contributed by atoms with Crippen molar-refractivity contribution in [1.29, 1.82) is 0 Å². The van der Waals surface area contributed by atoms with E-state index in [9.17, 15) is 13.2 Å². The van der Waals surface area contributed by atoms with E-state index in [-0.39, 0.29) is 23.5 Å². The largest absolute Gasteiger partial charge is 0.335 e. The molecule has 2 amide bonds. The number of hydrogen-bond donors (Lipinski definition) is 3. The second-order valence-corrected chi connectivity index (χ2v) is 9.27. The molecule has 1 heterocycles. The van der Waals surface area contributed by atoms with Gasteiger partial charge in [-0.25, -0.2) is 13.2 Å². The lowest BCUT2D eigenvalue weighted by molar-refractivity contribution is 0.244. The quantitative estimate of drug-likeness (QED) is 0.714. The molecule has 2 fully saturated rings. The van der Waals surface area contributed by atoms with Crippen molar-refractivity contribution in [3.8, 4) is 0 Å². The van der Waals surface area contributed by atoms with Crippen molar-refractivity contribution in [1.82, 2.24) is 9.62 Å². The fraction of sp³-hybridized carbons (Fsp3) is 0.632. The lowest BCUT2D eigenvalue weighted by Crippen LogP contribution is -2.40. The maximum Gasteiger partial charge on any atom is 0.319 e. The molecule has 0 atom stereocenters. The Labute approximate surface area is 161 Å². The summed E-state index contributed by atoms with van der Waals surface area (Å²) in [6, 6.07) is 4.87. The van der Waals surface area contributed by atoms with E-state index in [2.05, 4.69) is 10.6 Å². The molecule has 27 heavy (non-hydrogen) atoms. The fourth-order valence-electron chi connectivity index (χ4n) is 3.97. The first-order valence-corrected chi connectivity index (χ1v) is 11.4. The second-order valence-electron chi connectivity index (χ2n) is 7.40. The topological polar surface area (TPSA) is 105 Å². The van der Waals surface area contributed by atoms with Crippen LogP contribution in [0.25, 0.3) is 0 Å². The van der Waals surface area contributed by atoms with Crippen LogP contribution in [-0.4, -0.2) is 37.9 Å². The fourth-order valence-corrected chi connectivity index (χ4v) is 5.85. The first-order valence-electron chi connectivity index (χ1n) is 9.92. The monoisotopic (exact) mass is 394 g/mol. The minimum absolute atomic E-state index is 0.0994. The predicted octanol–water partition coefficient (Wildman–Crippen LogP) is 2.77. The minimum Gasteiger partial charge on any atom is -0.335 e. The van der Waals surface area contributed by atoms with Crippen LogP contribution < -0.4 is 16.4 Å². The van der Waals surface area contributed by atoms with E-state index in [0.717, 1.165) is 44.9 Å². The molecule has 0 unspecified atom stereocenters. The maximum absolute atomic E-state index is 13.3. The molecule has 0 bridgehead atoms. The van der Waals surface area contributed by atoms with Gasteiger partial charge in [0.15, 0.2) is 0 Å². The highest BCUT2D eigenvalue weighted by atomic mass is 32.2. The highest BCUT2D eigenvalue weighted by Gasteiger charge is 2.31. The number of nitrogens with one attached hydrogen (secondary N) is 2. The van der Waals surface area contributed by atoms with Crippen LogP contribution in [0.3, 0.4) is 0 Å². The van der Waals surface area contributed by atoms with Gasteiger partial charge in [-0.1, -0.05) is 37.8 Å². The third-order valence-corrected chi connectivity index (χ3v) is 7.46. The van der Waals surface area contributed by atoms with Gasteiger partial charge in [-0.2, -0.15) is 4.31 Å². The van der Waals surface area contributed by atoms with Crippen molar-refractivity contribution in [2.45, 2.75) is 68.8 Å². The third-order valence-electron chi connectivity index (χ3n) is 5.42. The summed E-state index contributed by atoms with van der Waals surface area (Å²) in [6.45, 7) is 1.12. The number of carbonyl (C=O) groups is 1. The second kappa shape index (κ2) is 9.03. The van der Waals surface area contributed by atoms with E-state index < -0.39 is 10.0 Å².